The normalized spacial score (nSPS) is 10.1. The van der Waals surface area contributed by atoms with Gasteiger partial charge in [-0.25, -0.2) is 4.98 Å². The minimum absolute atomic E-state index is 0.354. The van der Waals surface area contributed by atoms with Gasteiger partial charge in [-0.3, -0.25) is 9.78 Å². The Morgan fingerprint density at radius 1 is 1.33 bits per heavy atom. The molecule has 2 rings (SSSR count). The number of hydrogen-bond donors (Lipinski definition) is 1. The molecule has 1 amide bonds. The Hall–Kier alpha value is -2.43. The summed E-state index contributed by atoms with van der Waals surface area (Å²) in [4.78, 5) is 19.6. The number of hydrogen-bond acceptors (Lipinski definition) is 4. The Bertz CT molecular complexity index is 597. The van der Waals surface area contributed by atoms with E-state index in [2.05, 4.69) is 9.97 Å². The van der Waals surface area contributed by atoms with E-state index in [4.69, 9.17) is 10.5 Å². The molecule has 0 aliphatic carbocycles. The number of carbonyl (C=O) groups is 1. The van der Waals surface area contributed by atoms with E-state index in [1.807, 2.05) is 13.0 Å². The lowest BCUT2D eigenvalue weighted by Gasteiger charge is -2.10. The first-order valence-corrected chi connectivity index (χ1v) is 5.39. The van der Waals surface area contributed by atoms with Gasteiger partial charge in [0.05, 0.1) is 12.7 Å². The third-order valence-corrected chi connectivity index (χ3v) is 2.56. The van der Waals surface area contributed by atoms with Crippen molar-refractivity contribution in [3.63, 3.8) is 0 Å². The molecule has 5 nitrogen and oxygen atoms in total. The molecule has 2 N–H and O–H groups in total. The van der Waals surface area contributed by atoms with Gasteiger partial charge in [0.25, 0.3) is 5.91 Å². The predicted molar refractivity (Wildman–Crippen MR) is 67.3 cm³/mol. The highest BCUT2D eigenvalue weighted by molar-refractivity contribution is 6.00. The number of rotatable bonds is 3. The van der Waals surface area contributed by atoms with Crippen LogP contribution in [0.25, 0.3) is 11.1 Å². The van der Waals surface area contributed by atoms with E-state index in [0.717, 1.165) is 11.3 Å². The molecule has 0 bridgehead atoms. The SMILES string of the molecule is COc1ncccc1-c1cc(C)ncc1C(N)=O. The maximum Gasteiger partial charge on any atom is 0.250 e. The van der Waals surface area contributed by atoms with E-state index in [-0.39, 0.29) is 0 Å². The molecule has 2 aromatic rings. The molecular formula is C13H13N3O2. The van der Waals surface area contributed by atoms with Gasteiger partial charge >= 0.3 is 0 Å². The van der Waals surface area contributed by atoms with Crippen LogP contribution in [0.15, 0.2) is 30.6 Å². The summed E-state index contributed by atoms with van der Waals surface area (Å²) < 4.78 is 5.19. The molecule has 0 unspecified atom stereocenters. The molecule has 92 valence electrons. The standard InChI is InChI=1S/C13H13N3O2/c1-8-6-10(11(7-16-8)12(14)17)9-4-3-5-15-13(9)18-2/h3-7H,1-2H3,(H2,14,17). The van der Waals surface area contributed by atoms with Gasteiger partial charge < -0.3 is 10.5 Å². The van der Waals surface area contributed by atoms with E-state index >= 15 is 0 Å². The molecule has 0 aromatic carbocycles. The summed E-state index contributed by atoms with van der Waals surface area (Å²) in [5.74, 6) is -0.0750. The lowest BCUT2D eigenvalue weighted by Crippen LogP contribution is -2.13. The van der Waals surface area contributed by atoms with Crippen molar-refractivity contribution in [1.29, 1.82) is 0 Å². The van der Waals surface area contributed by atoms with E-state index in [1.54, 1.807) is 18.3 Å². The number of carbonyl (C=O) groups excluding carboxylic acids is 1. The van der Waals surface area contributed by atoms with Crippen molar-refractivity contribution in [1.82, 2.24) is 9.97 Å². The van der Waals surface area contributed by atoms with Crippen molar-refractivity contribution in [2.24, 2.45) is 5.73 Å². The van der Waals surface area contributed by atoms with Crippen molar-refractivity contribution in [3.05, 3.63) is 41.9 Å². The number of aromatic nitrogens is 2. The second-order valence-corrected chi connectivity index (χ2v) is 3.80. The van der Waals surface area contributed by atoms with Crippen LogP contribution in [0.5, 0.6) is 5.88 Å². The third-order valence-electron chi connectivity index (χ3n) is 2.56. The van der Waals surface area contributed by atoms with E-state index in [9.17, 15) is 4.79 Å². The van der Waals surface area contributed by atoms with Gasteiger partial charge in [-0.15, -0.1) is 0 Å². The minimum Gasteiger partial charge on any atom is -0.481 e. The Labute approximate surface area is 105 Å². The van der Waals surface area contributed by atoms with Crippen LogP contribution >= 0.6 is 0 Å². The summed E-state index contributed by atoms with van der Waals surface area (Å²) in [6.07, 6.45) is 3.10. The van der Waals surface area contributed by atoms with Crippen LogP contribution in [-0.2, 0) is 0 Å². The zero-order valence-electron chi connectivity index (χ0n) is 10.2. The largest absolute Gasteiger partial charge is 0.481 e. The second-order valence-electron chi connectivity index (χ2n) is 3.80. The first-order valence-electron chi connectivity index (χ1n) is 5.39. The van der Waals surface area contributed by atoms with Crippen molar-refractivity contribution < 1.29 is 9.53 Å². The van der Waals surface area contributed by atoms with Crippen LogP contribution in [0.1, 0.15) is 16.1 Å². The van der Waals surface area contributed by atoms with Crippen LogP contribution in [0.3, 0.4) is 0 Å². The molecule has 0 atom stereocenters. The van der Waals surface area contributed by atoms with E-state index in [1.165, 1.54) is 13.3 Å². The van der Waals surface area contributed by atoms with Crippen molar-refractivity contribution >= 4 is 5.91 Å². The number of primary amides is 1. The first-order chi connectivity index (χ1) is 8.63. The van der Waals surface area contributed by atoms with Crippen LogP contribution < -0.4 is 10.5 Å². The monoisotopic (exact) mass is 243 g/mol. The summed E-state index contributed by atoms with van der Waals surface area (Å²) >= 11 is 0. The highest BCUT2D eigenvalue weighted by Gasteiger charge is 2.15. The maximum absolute atomic E-state index is 11.4. The maximum atomic E-state index is 11.4. The number of amides is 1. The lowest BCUT2D eigenvalue weighted by atomic mass is 10.0. The van der Waals surface area contributed by atoms with Gasteiger partial charge in [0, 0.05) is 29.2 Å². The van der Waals surface area contributed by atoms with Crippen LogP contribution in [0.4, 0.5) is 0 Å². The average molecular weight is 243 g/mol. The minimum atomic E-state index is -0.525. The van der Waals surface area contributed by atoms with Gasteiger partial charge in [-0.1, -0.05) is 0 Å². The number of nitrogens with two attached hydrogens (primary N) is 1. The molecular weight excluding hydrogens is 230 g/mol. The van der Waals surface area contributed by atoms with Gasteiger partial charge in [0.15, 0.2) is 0 Å². The first kappa shape index (κ1) is 12.0. The summed E-state index contributed by atoms with van der Waals surface area (Å²) in [5.41, 5.74) is 7.90. The van der Waals surface area contributed by atoms with Crippen LogP contribution in [-0.4, -0.2) is 23.0 Å². The zero-order chi connectivity index (χ0) is 13.1. The molecule has 0 aliphatic rings. The zero-order valence-corrected chi connectivity index (χ0v) is 10.2. The number of nitrogens with zero attached hydrogens (tertiary/aromatic N) is 2. The summed E-state index contributed by atoms with van der Waals surface area (Å²) in [7, 11) is 1.53. The smallest absolute Gasteiger partial charge is 0.250 e. The molecule has 2 aromatic heterocycles. The lowest BCUT2D eigenvalue weighted by molar-refractivity contribution is 0.100. The van der Waals surface area contributed by atoms with Crippen LogP contribution in [0, 0.1) is 6.92 Å². The quantitative estimate of drug-likeness (QED) is 0.887. The highest BCUT2D eigenvalue weighted by Crippen LogP contribution is 2.30. The molecule has 0 fully saturated rings. The highest BCUT2D eigenvalue weighted by atomic mass is 16.5. The second kappa shape index (κ2) is 4.83. The number of aryl methyl sites for hydroxylation is 1. The van der Waals surface area contributed by atoms with Crippen molar-refractivity contribution in [2.75, 3.05) is 7.11 Å². The molecule has 0 saturated carbocycles. The molecule has 0 saturated heterocycles. The van der Waals surface area contributed by atoms with Crippen molar-refractivity contribution in [2.45, 2.75) is 6.92 Å². The molecule has 0 aliphatic heterocycles. The topological polar surface area (TPSA) is 78.1 Å². The summed E-state index contributed by atoms with van der Waals surface area (Å²) in [6, 6.07) is 5.39. The number of methoxy groups -OCH3 is 1. The van der Waals surface area contributed by atoms with Gasteiger partial charge in [0.1, 0.15) is 0 Å². The molecule has 18 heavy (non-hydrogen) atoms. The van der Waals surface area contributed by atoms with E-state index < -0.39 is 5.91 Å². The third kappa shape index (κ3) is 2.15. The fourth-order valence-electron chi connectivity index (χ4n) is 1.74. The number of ether oxygens (including phenoxy) is 1. The Balaban J connectivity index is 2.69. The van der Waals surface area contributed by atoms with Gasteiger partial charge in [-0.2, -0.15) is 0 Å². The number of pyridine rings is 2. The van der Waals surface area contributed by atoms with E-state index in [0.29, 0.717) is 17.0 Å². The van der Waals surface area contributed by atoms with Crippen LogP contribution in [0.2, 0.25) is 0 Å². The molecule has 0 spiro atoms. The summed E-state index contributed by atoms with van der Waals surface area (Å²) in [6.45, 7) is 1.84. The predicted octanol–water partition coefficient (Wildman–Crippen LogP) is 1.56. The average Bonchev–Trinajstić information content (AvgIpc) is 2.38. The summed E-state index contributed by atoms with van der Waals surface area (Å²) in [5, 5.41) is 0. The van der Waals surface area contributed by atoms with Gasteiger partial charge in [-0.05, 0) is 25.1 Å². The molecule has 5 heteroatoms. The van der Waals surface area contributed by atoms with Crippen molar-refractivity contribution in [3.8, 4) is 17.0 Å². The Kier molecular flexibility index (Phi) is 3.23. The Morgan fingerprint density at radius 3 is 2.78 bits per heavy atom. The molecule has 0 radical (unpaired) electrons. The Morgan fingerprint density at radius 2 is 2.11 bits per heavy atom. The molecule has 2 heterocycles. The fourth-order valence-corrected chi connectivity index (χ4v) is 1.74. The van der Waals surface area contributed by atoms with Gasteiger partial charge in [0.2, 0.25) is 5.88 Å². The fraction of sp³-hybridized carbons (Fsp3) is 0.154.